The predicted octanol–water partition coefficient (Wildman–Crippen LogP) is 4.74. The van der Waals surface area contributed by atoms with Crippen LogP contribution in [0.1, 0.15) is 58.4 Å². The SMILES string of the molecule is Cc1cc(C)n(C(=O)c2ccc(NC(=O)c3ccc(C(C)(C)C)cc3)cc2)n1. The highest BCUT2D eigenvalue weighted by Crippen LogP contribution is 2.22. The molecule has 0 fully saturated rings. The summed E-state index contributed by atoms with van der Waals surface area (Å²) in [6.45, 7) is 10.1. The van der Waals surface area contributed by atoms with Crippen molar-refractivity contribution in [3.05, 3.63) is 82.7 Å². The third-order valence-corrected chi connectivity index (χ3v) is 4.60. The fourth-order valence-corrected chi connectivity index (χ4v) is 2.98. The first kappa shape index (κ1) is 19.5. The smallest absolute Gasteiger partial charge is 0.278 e. The summed E-state index contributed by atoms with van der Waals surface area (Å²) in [5, 5.41) is 7.08. The number of rotatable bonds is 3. The number of hydrogen-bond acceptors (Lipinski definition) is 3. The molecule has 0 radical (unpaired) electrons. The van der Waals surface area contributed by atoms with Gasteiger partial charge in [0.25, 0.3) is 11.8 Å². The zero-order chi connectivity index (χ0) is 20.5. The Hall–Kier alpha value is -3.21. The van der Waals surface area contributed by atoms with Gasteiger partial charge in [-0.1, -0.05) is 32.9 Å². The third kappa shape index (κ3) is 4.19. The van der Waals surface area contributed by atoms with Crippen LogP contribution in [0.5, 0.6) is 0 Å². The first-order chi connectivity index (χ1) is 13.1. The van der Waals surface area contributed by atoms with Crippen molar-refractivity contribution in [1.29, 1.82) is 0 Å². The summed E-state index contributed by atoms with van der Waals surface area (Å²) in [7, 11) is 0. The molecule has 0 saturated carbocycles. The molecule has 1 N–H and O–H groups in total. The number of benzene rings is 2. The lowest BCUT2D eigenvalue weighted by Crippen LogP contribution is -2.16. The van der Waals surface area contributed by atoms with Gasteiger partial charge in [0.2, 0.25) is 0 Å². The van der Waals surface area contributed by atoms with E-state index in [0.717, 1.165) is 11.4 Å². The molecule has 1 amide bonds. The van der Waals surface area contributed by atoms with Crippen LogP contribution in [-0.2, 0) is 5.41 Å². The maximum Gasteiger partial charge on any atom is 0.278 e. The Morgan fingerprint density at radius 1 is 0.893 bits per heavy atom. The number of carbonyl (C=O) groups excluding carboxylic acids is 2. The molecule has 0 atom stereocenters. The number of amides is 1. The van der Waals surface area contributed by atoms with Gasteiger partial charge in [-0.15, -0.1) is 0 Å². The van der Waals surface area contributed by atoms with Crippen LogP contribution >= 0.6 is 0 Å². The molecule has 0 aliphatic rings. The number of nitrogens with one attached hydrogen (secondary N) is 1. The molecule has 1 aromatic heterocycles. The molecule has 3 rings (SSSR count). The largest absolute Gasteiger partial charge is 0.322 e. The monoisotopic (exact) mass is 375 g/mol. The highest BCUT2D eigenvalue weighted by Gasteiger charge is 2.15. The summed E-state index contributed by atoms with van der Waals surface area (Å²) in [6.07, 6.45) is 0. The molecule has 28 heavy (non-hydrogen) atoms. The lowest BCUT2D eigenvalue weighted by Gasteiger charge is -2.19. The van der Waals surface area contributed by atoms with Crippen LogP contribution in [0.15, 0.2) is 54.6 Å². The zero-order valence-electron chi connectivity index (χ0n) is 16.9. The van der Waals surface area contributed by atoms with E-state index in [1.54, 1.807) is 24.3 Å². The molecule has 144 valence electrons. The predicted molar refractivity (Wildman–Crippen MR) is 111 cm³/mol. The lowest BCUT2D eigenvalue weighted by molar-refractivity contribution is 0.0942. The average Bonchev–Trinajstić information content (AvgIpc) is 2.99. The second-order valence-electron chi connectivity index (χ2n) is 8.00. The van der Waals surface area contributed by atoms with Crippen molar-refractivity contribution in [2.75, 3.05) is 5.32 Å². The highest BCUT2D eigenvalue weighted by atomic mass is 16.2. The van der Waals surface area contributed by atoms with Crippen molar-refractivity contribution in [1.82, 2.24) is 9.78 Å². The minimum absolute atomic E-state index is 0.0445. The molecule has 0 unspecified atom stereocenters. The molecular formula is C23H25N3O2. The standard InChI is InChI=1S/C23H25N3O2/c1-15-14-16(2)26(25-15)22(28)18-8-12-20(13-9-18)24-21(27)17-6-10-19(11-7-17)23(3,4)5/h6-14H,1-5H3,(H,24,27). The van der Waals surface area contributed by atoms with Crippen molar-refractivity contribution >= 4 is 17.5 Å². The summed E-state index contributed by atoms with van der Waals surface area (Å²) in [4.78, 5) is 25.0. The second-order valence-corrected chi connectivity index (χ2v) is 8.00. The molecule has 1 heterocycles. The lowest BCUT2D eigenvalue weighted by atomic mass is 9.87. The van der Waals surface area contributed by atoms with E-state index >= 15 is 0 Å². The average molecular weight is 375 g/mol. The molecule has 0 aliphatic heterocycles. The van der Waals surface area contributed by atoms with Crippen LogP contribution < -0.4 is 5.32 Å². The van der Waals surface area contributed by atoms with E-state index < -0.39 is 0 Å². The molecule has 0 saturated heterocycles. The van der Waals surface area contributed by atoms with Gasteiger partial charge in [0.15, 0.2) is 0 Å². The summed E-state index contributed by atoms with van der Waals surface area (Å²) in [5.74, 6) is -0.376. The van der Waals surface area contributed by atoms with E-state index in [1.165, 1.54) is 10.2 Å². The molecular weight excluding hydrogens is 350 g/mol. The number of carbonyl (C=O) groups is 2. The van der Waals surface area contributed by atoms with Crippen molar-refractivity contribution in [2.24, 2.45) is 0 Å². The van der Waals surface area contributed by atoms with Gasteiger partial charge in [-0.2, -0.15) is 5.10 Å². The first-order valence-electron chi connectivity index (χ1n) is 9.25. The van der Waals surface area contributed by atoms with Crippen LogP contribution in [-0.4, -0.2) is 21.6 Å². The Morgan fingerprint density at radius 3 is 1.96 bits per heavy atom. The van der Waals surface area contributed by atoms with Crippen molar-refractivity contribution in [3.63, 3.8) is 0 Å². The minimum atomic E-state index is -0.193. The van der Waals surface area contributed by atoms with E-state index in [9.17, 15) is 9.59 Å². The van der Waals surface area contributed by atoms with E-state index in [1.807, 2.05) is 44.2 Å². The Morgan fingerprint density at radius 2 is 1.46 bits per heavy atom. The topological polar surface area (TPSA) is 64.0 Å². The fourth-order valence-electron chi connectivity index (χ4n) is 2.98. The van der Waals surface area contributed by atoms with Crippen molar-refractivity contribution in [2.45, 2.75) is 40.0 Å². The summed E-state index contributed by atoms with van der Waals surface area (Å²) in [5.41, 5.74) is 4.55. The number of hydrogen-bond donors (Lipinski definition) is 1. The highest BCUT2D eigenvalue weighted by molar-refractivity contribution is 6.04. The molecule has 2 aromatic carbocycles. The molecule has 0 spiro atoms. The van der Waals surface area contributed by atoms with Gasteiger partial charge >= 0.3 is 0 Å². The second kappa shape index (κ2) is 7.43. The summed E-state index contributed by atoms with van der Waals surface area (Å²) < 4.78 is 1.39. The van der Waals surface area contributed by atoms with Gasteiger partial charge in [0.05, 0.1) is 5.69 Å². The maximum absolute atomic E-state index is 12.6. The van der Waals surface area contributed by atoms with E-state index in [0.29, 0.717) is 16.8 Å². The van der Waals surface area contributed by atoms with Crippen LogP contribution in [0.2, 0.25) is 0 Å². The maximum atomic E-state index is 12.6. The molecule has 3 aromatic rings. The zero-order valence-corrected chi connectivity index (χ0v) is 16.9. The Bertz CT molecular complexity index is 1010. The van der Waals surface area contributed by atoms with Crippen molar-refractivity contribution < 1.29 is 9.59 Å². The minimum Gasteiger partial charge on any atom is -0.322 e. The molecule has 5 heteroatoms. The van der Waals surface area contributed by atoms with Gasteiger partial charge in [0.1, 0.15) is 0 Å². The van der Waals surface area contributed by atoms with Crippen LogP contribution in [0.25, 0.3) is 0 Å². The number of aryl methyl sites for hydroxylation is 2. The quantitative estimate of drug-likeness (QED) is 0.719. The molecule has 0 bridgehead atoms. The Kier molecular flexibility index (Phi) is 5.18. The molecule has 5 nitrogen and oxygen atoms in total. The summed E-state index contributed by atoms with van der Waals surface area (Å²) >= 11 is 0. The Labute approximate surface area is 165 Å². The fraction of sp³-hybridized carbons (Fsp3) is 0.261. The normalized spacial score (nSPS) is 11.3. The van der Waals surface area contributed by atoms with Crippen LogP contribution in [0, 0.1) is 13.8 Å². The molecule has 0 aliphatic carbocycles. The van der Waals surface area contributed by atoms with E-state index in [4.69, 9.17) is 0 Å². The van der Waals surface area contributed by atoms with Gasteiger partial charge in [-0.25, -0.2) is 4.68 Å². The Balaban J connectivity index is 1.71. The van der Waals surface area contributed by atoms with Gasteiger partial charge < -0.3 is 5.32 Å². The number of nitrogens with zero attached hydrogens (tertiary/aromatic N) is 2. The first-order valence-corrected chi connectivity index (χ1v) is 9.25. The third-order valence-electron chi connectivity index (χ3n) is 4.60. The number of aromatic nitrogens is 2. The van der Waals surface area contributed by atoms with Crippen LogP contribution in [0.3, 0.4) is 0 Å². The van der Waals surface area contributed by atoms with Gasteiger partial charge in [-0.3, -0.25) is 9.59 Å². The van der Waals surface area contributed by atoms with Gasteiger partial charge in [-0.05, 0) is 67.3 Å². The summed E-state index contributed by atoms with van der Waals surface area (Å²) in [6, 6.07) is 16.3. The van der Waals surface area contributed by atoms with E-state index in [2.05, 4.69) is 31.2 Å². The van der Waals surface area contributed by atoms with Crippen molar-refractivity contribution in [3.8, 4) is 0 Å². The van der Waals surface area contributed by atoms with Gasteiger partial charge in [0, 0.05) is 22.5 Å². The van der Waals surface area contributed by atoms with Crippen LogP contribution in [0.4, 0.5) is 5.69 Å². The van der Waals surface area contributed by atoms with E-state index in [-0.39, 0.29) is 17.2 Å². The number of anilines is 1.